The Morgan fingerprint density at radius 2 is 1.42 bits per heavy atom. The van der Waals surface area contributed by atoms with Crippen molar-refractivity contribution in [1.82, 2.24) is 0 Å². The standard InChI is InChI=1S/C13H13IO5/c1-8(15)14(9(2)16,10(3)17)12-7-5-4-6-11(12)13(18)19-14/h4-7H,1-3H3. The fraction of sp³-hybridized carbons (Fsp3) is 0.231. The molecule has 0 spiro atoms. The molecule has 1 heterocycles. The number of carbonyl (C=O) groups excluding carboxylic acids is 4. The van der Waals surface area contributed by atoms with E-state index in [9.17, 15) is 19.2 Å². The third-order valence-electron chi connectivity index (χ3n) is 3.23. The SMILES string of the molecule is CC(=O)I1(C(C)=O)(C(C)=O)OC(=O)c2ccccc21. The predicted molar refractivity (Wildman–Crippen MR) is 76.6 cm³/mol. The van der Waals surface area contributed by atoms with Crippen LogP contribution in [0.25, 0.3) is 0 Å². The molecule has 1 aromatic carbocycles. The van der Waals surface area contributed by atoms with Gasteiger partial charge in [-0.25, -0.2) is 0 Å². The summed E-state index contributed by atoms with van der Waals surface area (Å²) in [5.41, 5.74) is 0.150. The van der Waals surface area contributed by atoms with E-state index in [0.29, 0.717) is 0 Å². The Morgan fingerprint density at radius 3 is 1.89 bits per heavy atom. The molecule has 102 valence electrons. The molecule has 0 amide bonds. The Bertz CT molecular complexity index is 607. The molecule has 0 aliphatic carbocycles. The molecule has 5 nitrogen and oxygen atoms in total. The second kappa shape index (κ2) is 3.96. The summed E-state index contributed by atoms with van der Waals surface area (Å²) >= 11 is -5.43. The van der Waals surface area contributed by atoms with Gasteiger partial charge in [0.15, 0.2) is 0 Å². The van der Waals surface area contributed by atoms with Gasteiger partial charge in [0.25, 0.3) is 0 Å². The van der Waals surface area contributed by atoms with Gasteiger partial charge in [0, 0.05) is 0 Å². The molecule has 6 heteroatoms. The fourth-order valence-electron chi connectivity index (χ4n) is 2.32. The summed E-state index contributed by atoms with van der Waals surface area (Å²) in [6.45, 7) is 3.48. The number of halogens is 1. The second-order valence-corrected chi connectivity index (χ2v) is 15.3. The molecule has 19 heavy (non-hydrogen) atoms. The number of hydrogen-bond donors (Lipinski definition) is 0. The van der Waals surface area contributed by atoms with Crippen LogP contribution in [0.15, 0.2) is 24.3 Å². The third kappa shape index (κ3) is 1.29. The van der Waals surface area contributed by atoms with E-state index >= 15 is 0 Å². The van der Waals surface area contributed by atoms with Gasteiger partial charge in [-0.05, 0) is 0 Å². The third-order valence-corrected chi connectivity index (χ3v) is 16.4. The first-order valence-corrected chi connectivity index (χ1v) is 10.7. The van der Waals surface area contributed by atoms with Crippen LogP contribution < -0.4 is 0 Å². The van der Waals surface area contributed by atoms with Crippen molar-refractivity contribution in [3.05, 3.63) is 33.4 Å². The van der Waals surface area contributed by atoms with Gasteiger partial charge in [0.2, 0.25) is 0 Å². The number of fused-ring (bicyclic) bond motifs is 1. The Morgan fingerprint density at radius 1 is 0.947 bits per heavy atom. The normalized spacial score (nSPS) is 20.6. The van der Waals surface area contributed by atoms with Crippen molar-refractivity contribution in [2.45, 2.75) is 20.8 Å². The molecule has 0 N–H and O–H groups in total. The molecule has 0 radical (unpaired) electrons. The zero-order chi connectivity index (χ0) is 14.4. The molecule has 0 aromatic heterocycles. The molecule has 0 atom stereocenters. The molecule has 1 aromatic rings. The summed E-state index contributed by atoms with van der Waals surface area (Å²) in [6.07, 6.45) is 0. The summed E-state index contributed by atoms with van der Waals surface area (Å²) in [5, 5.41) is 0. The molecule has 0 unspecified atom stereocenters. The van der Waals surface area contributed by atoms with Crippen LogP contribution >= 0.6 is 17.5 Å². The average molecular weight is 376 g/mol. The quantitative estimate of drug-likeness (QED) is 0.597. The van der Waals surface area contributed by atoms with Crippen molar-refractivity contribution in [3.63, 3.8) is 0 Å². The minimum absolute atomic E-state index is 0.150. The molecule has 2 rings (SSSR count). The minimum atomic E-state index is -5.43. The maximum absolute atomic E-state index is 12.2. The summed E-state index contributed by atoms with van der Waals surface area (Å²) in [6, 6.07) is 6.16. The van der Waals surface area contributed by atoms with Crippen LogP contribution in [-0.4, -0.2) is 17.3 Å². The molecule has 0 fully saturated rings. The van der Waals surface area contributed by atoms with Crippen molar-refractivity contribution < 1.29 is 22.2 Å². The van der Waals surface area contributed by atoms with Crippen LogP contribution in [0, 0.1) is 3.57 Å². The van der Waals surface area contributed by atoms with Crippen molar-refractivity contribution in [2.24, 2.45) is 0 Å². The van der Waals surface area contributed by atoms with Gasteiger partial charge in [0.1, 0.15) is 0 Å². The number of benzene rings is 1. The Kier molecular flexibility index (Phi) is 2.89. The van der Waals surface area contributed by atoms with E-state index in [0.717, 1.165) is 20.8 Å². The molecule has 1 aliphatic heterocycles. The van der Waals surface area contributed by atoms with Crippen molar-refractivity contribution in [1.29, 1.82) is 0 Å². The first-order valence-electron chi connectivity index (χ1n) is 5.51. The van der Waals surface area contributed by atoms with E-state index in [1.165, 1.54) is 12.1 Å². The van der Waals surface area contributed by atoms with Gasteiger partial charge in [-0.15, -0.1) is 0 Å². The van der Waals surface area contributed by atoms with E-state index in [4.69, 9.17) is 3.07 Å². The van der Waals surface area contributed by atoms with Gasteiger partial charge < -0.3 is 0 Å². The van der Waals surface area contributed by atoms with E-state index in [1.807, 2.05) is 0 Å². The van der Waals surface area contributed by atoms with Gasteiger partial charge >= 0.3 is 111 Å². The Hall–Kier alpha value is -1.57. The zero-order valence-corrected chi connectivity index (χ0v) is 12.9. The van der Waals surface area contributed by atoms with Crippen LogP contribution in [0.3, 0.4) is 0 Å². The van der Waals surface area contributed by atoms with Crippen LogP contribution in [0.5, 0.6) is 0 Å². The number of carbonyl (C=O) groups is 4. The average Bonchev–Trinajstić information content (AvgIpc) is 2.62. The van der Waals surface area contributed by atoms with E-state index in [1.54, 1.807) is 12.1 Å². The summed E-state index contributed by atoms with van der Waals surface area (Å²) in [5.74, 6) is -0.759. The Balaban J connectivity index is 3.04. The summed E-state index contributed by atoms with van der Waals surface area (Å²) < 4.78 is 3.62. The summed E-state index contributed by atoms with van der Waals surface area (Å²) in [4.78, 5) is 48.7. The first-order chi connectivity index (χ1) is 8.78. The van der Waals surface area contributed by atoms with Crippen molar-refractivity contribution >= 4 is 34.8 Å². The van der Waals surface area contributed by atoms with E-state index < -0.39 is 34.8 Å². The van der Waals surface area contributed by atoms with Gasteiger partial charge in [0.05, 0.1) is 0 Å². The molecule has 1 aliphatic rings. The molecular formula is C13H13IO5. The molecule has 0 saturated heterocycles. The molecular weight excluding hydrogens is 363 g/mol. The van der Waals surface area contributed by atoms with Gasteiger partial charge in [-0.1, -0.05) is 0 Å². The monoisotopic (exact) mass is 376 g/mol. The molecule has 0 saturated carbocycles. The van der Waals surface area contributed by atoms with Crippen LogP contribution in [-0.2, 0) is 17.4 Å². The first kappa shape index (κ1) is 13.9. The molecule has 0 bridgehead atoms. The van der Waals surface area contributed by atoms with Gasteiger partial charge in [-0.2, -0.15) is 0 Å². The number of rotatable bonds is 3. The van der Waals surface area contributed by atoms with E-state index in [-0.39, 0.29) is 9.13 Å². The number of hydrogen-bond acceptors (Lipinski definition) is 5. The summed E-state index contributed by atoms with van der Waals surface area (Å²) in [7, 11) is 0. The van der Waals surface area contributed by atoms with Crippen molar-refractivity contribution in [3.8, 4) is 0 Å². The predicted octanol–water partition coefficient (Wildman–Crippen LogP) is 2.16. The Labute approximate surface area is 111 Å². The van der Waals surface area contributed by atoms with Crippen LogP contribution in [0.1, 0.15) is 31.1 Å². The fourth-order valence-corrected chi connectivity index (χ4v) is 12.6. The van der Waals surface area contributed by atoms with Crippen LogP contribution in [0.2, 0.25) is 0 Å². The van der Waals surface area contributed by atoms with E-state index in [2.05, 4.69) is 0 Å². The second-order valence-electron chi connectivity index (χ2n) is 4.13. The zero-order valence-electron chi connectivity index (χ0n) is 10.7. The maximum atomic E-state index is 12.2. The van der Waals surface area contributed by atoms with Crippen molar-refractivity contribution in [2.75, 3.05) is 0 Å². The van der Waals surface area contributed by atoms with Crippen LogP contribution in [0.4, 0.5) is 0 Å². The topological polar surface area (TPSA) is 77.5 Å². The van der Waals surface area contributed by atoms with Gasteiger partial charge in [-0.3, -0.25) is 0 Å².